The summed E-state index contributed by atoms with van der Waals surface area (Å²) >= 11 is 0.392. The van der Waals surface area contributed by atoms with Gasteiger partial charge in [0.25, 0.3) is 11.8 Å². The molecule has 16 heteroatoms. The van der Waals surface area contributed by atoms with Crippen molar-refractivity contribution in [2.75, 3.05) is 26.2 Å². The highest BCUT2D eigenvalue weighted by Crippen LogP contribution is 2.44. The van der Waals surface area contributed by atoms with Crippen molar-refractivity contribution in [2.45, 2.75) is 88.2 Å². The Balaban J connectivity index is 1.45. The number of likely N-dealkylation sites (tertiary alicyclic amines) is 2. The molecule has 2 aromatic heterocycles. The van der Waals surface area contributed by atoms with Crippen LogP contribution < -0.4 is 9.47 Å². The highest BCUT2D eigenvalue weighted by molar-refractivity contribution is 7.10. The minimum atomic E-state index is -4.87. The molecule has 4 heterocycles. The summed E-state index contributed by atoms with van der Waals surface area (Å²) in [5.41, 5.74) is -2.89. The molecule has 9 nitrogen and oxygen atoms in total. The van der Waals surface area contributed by atoms with Crippen LogP contribution in [-0.4, -0.2) is 75.6 Å². The molecule has 2 atom stereocenters. The van der Waals surface area contributed by atoms with Gasteiger partial charge in [-0.1, -0.05) is 31.5 Å². The van der Waals surface area contributed by atoms with Crippen molar-refractivity contribution in [3.8, 4) is 11.5 Å². The topological polar surface area (TPSA) is 109 Å². The number of aliphatic carboxylic acids is 1. The van der Waals surface area contributed by atoms with Crippen molar-refractivity contribution in [3.63, 3.8) is 0 Å². The van der Waals surface area contributed by atoms with Crippen molar-refractivity contribution in [3.05, 3.63) is 75.7 Å². The molecule has 0 spiro atoms. The van der Waals surface area contributed by atoms with Crippen LogP contribution in [0.4, 0.5) is 26.3 Å². The number of amides is 2. The number of benzene rings is 1. The van der Waals surface area contributed by atoms with Crippen molar-refractivity contribution in [2.24, 2.45) is 0 Å². The Morgan fingerprint density at radius 1 is 1.04 bits per heavy atom. The number of rotatable bonds is 12. The lowest BCUT2D eigenvalue weighted by Crippen LogP contribution is -2.68. The number of carbonyl (C=O) groups is 3. The van der Waals surface area contributed by atoms with Crippen molar-refractivity contribution >= 4 is 29.1 Å². The van der Waals surface area contributed by atoms with E-state index in [0.717, 1.165) is 29.4 Å². The Kier molecular flexibility index (Phi) is 12.1. The van der Waals surface area contributed by atoms with E-state index in [9.17, 15) is 40.7 Å². The number of hydrogen-bond donors (Lipinski definition) is 1. The van der Waals surface area contributed by atoms with Crippen molar-refractivity contribution in [1.82, 2.24) is 14.8 Å². The number of aromatic nitrogens is 1. The van der Waals surface area contributed by atoms with Crippen LogP contribution in [0.1, 0.15) is 90.6 Å². The zero-order valence-electron chi connectivity index (χ0n) is 28.3. The van der Waals surface area contributed by atoms with Crippen LogP contribution in [0, 0.1) is 0 Å². The molecule has 0 radical (unpaired) electrons. The number of hydrogen-bond acceptors (Lipinski definition) is 7. The number of ether oxygens (including phenoxy) is 2. The molecular formula is C36H39F6N3O6S. The van der Waals surface area contributed by atoms with Gasteiger partial charge in [0.05, 0.1) is 23.8 Å². The van der Waals surface area contributed by atoms with Crippen LogP contribution in [0.3, 0.4) is 0 Å². The van der Waals surface area contributed by atoms with Gasteiger partial charge in [-0.3, -0.25) is 19.4 Å². The fraction of sp³-hybridized carbons (Fsp3) is 0.500. The maximum Gasteiger partial charge on any atom is 0.425 e. The summed E-state index contributed by atoms with van der Waals surface area (Å²) in [7, 11) is 0. The number of carbonyl (C=O) groups excluding carboxylic acids is 2. The van der Waals surface area contributed by atoms with Gasteiger partial charge < -0.3 is 24.4 Å². The molecule has 282 valence electrons. The van der Waals surface area contributed by atoms with Crippen molar-refractivity contribution in [1.29, 1.82) is 0 Å². The molecule has 5 rings (SSSR count). The molecule has 2 amide bonds. The second-order valence-corrected chi connectivity index (χ2v) is 13.8. The molecule has 2 aliphatic heterocycles. The summed E-state index contributed by atoms with van der Waals surface area (Å²) < 4.78 is 95.2. The predicted molar refractivity (Wildman–Crippen MR) is 178 cm³/mol. The zero-order chi connectivity index (χ0) is 37.7. The van der Waals surface area contributed by atoms with Gasteiger partial charge in [0.15, 0.2) is 0 Å². The average molecular weight is 756 g/mol. The fourth-order valence-electron chi connectivity index (χ4n) is 7.12. The minimum Gasteiger partial charge on any atom is -0.493 e. The summed E-state index contributed by atoms with van der Waals surface area (Å²) in [6.07, 6.45) is -5.86. The third-order valence-corrected chi connectivity index (χ3v) is 10.4. The maximum absolute atomic E-state index is 14.8. The molecular weight excluding hydrogens is 716 g/mol. The summed E-state index contributed by atoms with van der Waals surface area (Å²) in [4.78, 5) is 45.3. The molecule has 1 aromatic carbocycles. The van der Waals surface area contributed by atoms with E-state index in [2.05, 4.69) is 4.98 Å². The first-order chi connectivity index (χ1) is 24.7. The molecule has 2 fully saturated rings. The second-order valence-electron chi connectivity index (χ2n) is 12.9. The van der Waals surface area contributed by atoms with E-state index < -0.39 is 57.8 Å². The first-order valence-corrected chi connectivity index (χ1v) is 17.9. The number of carboxylic acid groups (broad SMARTS) is 1. The summed E-state index contributed by atoms with van der Waals surface area (Å²) in [5.74, 6) is -2.13. The molecule has 2 saturated heterocycles. The van der Waals surface area contributed by atoms with E-state index in [1.54, 1.807) is 24.0 Å². The van der Waals surface area contributed by atoms with E-state index >= 15 is 0 Å². The van der Waals surface area contributed by atoms with Gasteiger partial charge in [-0.15, -0.1) is 11.3 Å². The Morgan fingerprint density at radius 3 is 2.42 bits per heavy atom. The molecule has 2 unspecified atom stereocenters. The normalized spacial score (nSPS) is 20.1. The number of thiophene rings is 1. The van der Waals surface area contributed by atoms with Gasteiger partial charge in [0.2, 0.25) is 5.60 Å². The smallest absolute Gasteiger partial charge is 0.425 e. The highest BCUT2D eigenvalue weighted by Gasteiger charge is 2.56. The third-order valence-electron chi connectivity index (χ3n) is 9.49. The molecule has 0 aliphatic carbocycles. The first-order valence-electron chi connectivity index (χ1n) is 17.1. The van der Waals surface area contributed by atoms with E-state index in [0.29, 0.717) is 48.8 Å². The number of piperidine rings is 2. The molecule has 52 heavy (non-hydrogen) atoms. The monoisotopic (exact) mass is 755 g/mol. The average Bonchev–Trinajstić information content (AvgIpc) is 3.59. The van der Waals surface area contributed by atoms with Crippen molar-refractivity contribution < 1.29 is 55.3 Å². The van der Waals surface area contributed by atoms with Crippen LogP contribution >= 0.6 is 11.3 Å². The number of pyridine rings is 1. The van der Waals surface area contributed by atoms with E-state index in [1.807, 2.05) is 12.1 Å². The van der Waals surface area contributed by atoms with Gasteiger partial charge in [-0.2, -0.15) is 26.3 Å². The van der Waals surface area contributed by atoms with Crippen LogP contribution in [0.2, 0.25) is 0 Å². The summed E-state index contributed by atoms with van der Waals surface area (Å²) in [5, 5.41) is 10.1. The van der Waals surface area contributed by atoms with E-state index in [4.69, 9.17) is 14.6 Å². The number of alkyl halides is 6. The highest BCUT2D eigenvalue weighted by atomic mass is 32.1. The Morgan fingerprint density at radius 2 is 1.77 bits per heavy atom. The Hall–Kier alpha value is -4.34. The largest absolute Gasteiger partial charge is 0.493 e. The lowest BCUT2D eigenvalue weighted by molar-refractivity contribution is -0.160. The second kappa shape index (κ2) is 16.1. The lowest BCUT2D eigenvalue weighted by Gasteiger charge is -2.50. The molecule has 2 aliphatic rings. The minimum absolute atomic E-state index is 0.00313. The molecule has 0 bridgehead atoms. The Bertz CT molecular complexity index is 1720. The van der Waals surface area contributed by atoms with Crippen LogP contribution in [0.25, 0.3) is 0 Å². The molecule has 0 saturated carbocycles. The quantitative estimate of drug-likeness (QED) is 0.147. The SMILES string of the molecule is CCCC1N(C(=O)c2cnccc2C(F)(F)F)CCCC1(Oc1csc(C(F)(F)F)c1)C(=O)N1CCC(c2ccccc2OCCCC(=O)O)CC1. The lowest BCUT2D eigenvalue weighted by atomic mass is 9.79. The van der Waals surface area contributed by atoms with Crippen LogP contribution in [-0.2, 0) is 21.9 Å². The zero-order valence-corrected chi connectivity index (χ0v) is 29.2. The summed E-state index contributed by atoms with van der Waals surface area (Å²) in [6, 6.07) is 7.74. The number of carboxylic acids is 1. The van der Waals surface area contributed by atoms with Gasteiger partial charge >= 0.3 is 18.3 Å². The summed E-state index contributed by atoms with van der Waals surface area (Å²) in [6.45, 7) is 2.43. The number of nitrogens with zero attached hydrogens (tertiary/aromatic N) is 3. The first kappa shape index (κ1) is 38.9. The Labute approximate surface area is 300 Å². The fourth-order valence-corrected chi connectivity index (χ4v) is 7.80. The van der Waals surface area contributed by atoms with Crippen LogP contribution in [0.5, 0.6) is 11.5 Å². The maximum atomic E-state index is 14.8. The van der Waals surface area contributed by atoms with Gasteiger partial charge in [-0.25, -0.2) is 0 Å². The van der Waals surface area contributed by atoms with Crippen LogP contribution in [0.15, 0.2) is 54.2 Å². The van der Waals surface area contributed by atoms with E-state index in [-0.39, 0.29) is 63.6 Å². The molecule has 1 N–H and O–H groups in total. The predicted octanol–water partition coefficient (Wildman–Crippen LogP) is 8.05. The molecule has 3 aromatic rings. The number of halogens is 6. The van der Waals surface area contributed by atoms with Gasteiger partial charge in [0, 0.05) is 56.3 Å². The standard InChI is InChI=1S/C36H39F6N3O6S/c1-2-7-29-34(51-24-20-30(52-22-24)36(40,41)42,14-6-16-45(29)32(48)26-21-43-15-11-27(26)35(37,38)39)33(49)44-17-12-23(13-18-44)25-8-3-4-9-28(25)50-19-5-10-31(46)47/h3-4,8-9,11,15,20-23,29H,2,5-7,10,12-14,16-19H2,1H3,(H,46,47). The van der Waals surface area contributed by atoms with Gasteiger partial charge in [0.1, 0.15) is 16.4 Å². The van der Waals surface area contributed by atoms with Gasteiger partial charge in [-0.05, 0) is 55.7 Å². The third kappa shape index (κ3) is 8.64. The van der Waals surface area contributed by atoms with E-state index in [1.165, 1.54) is 4.90 Å². The number of para-hydroxylation sites is 1.